The first-order valence-corrected chi connectivity index (χ1v) is 6.19. The Morgan fingerprint density at radius 3 is 2.88 bits per heavy atom. The molecule has 1 spiro atoms. The Labute approximate surface area is 97.9 Å². The van der Waals surface area contributed by atoms with E-state index in [1.165, 1.54) is 0 Å². The molecule has 0 aromatic carbocycles. The molecule has 3 nitrogen and oxygen atoms in total. The summed E-state index contributed by atoms with van der Waals surface area (Å²) in [6.45, 7) is 5.25. The van der Waals surface area contributed by atoms with Crippen LogP contribution in [0.15, 0.2) is 0 Å². The van der Waals surface area contributed by atoms with Crippen LogP contribution in [0, 0.1) is 11.8 Å². The van der Waals surface area contributed by atoms with Gasteiger partial charge in [0.25, 0.3) is 0 Å². The maximum atomic E-state index is 5.99. The van der Waals surface area contributed by atoms with Gasteiger partial charge < -0.3 is 14.8 Å². The highest BCUT2D eigenvalue weighted by molar-refractivity contribution is 4.99. The highest BCUT2D eigenvalue weighted by Crippen LogP contribution is 2.34. The normalized spacial score (nSPS) is 28.4. The SMILES string of the molecule is CC#CCNC1CCOC2(CCOCC2)C1. The van der Waals surface area contributed by atoms with Crippen molar-refractivity contribution >= 4 is 0 Å². The largest absolute Gasteiger partial charge is 0.381 e. The van der Waals surface area contributed by atoms with E-state index in [-0.39, 0.29) is 5.60 Å². The Morgan fingerprint density at radius 1 is 1.31 bits per heavy atom. The second kappa shape index (κ2) is 5.67. The van der Waals surface area contributed by atoms with Crippen molar-refractivity contribution in [3.8, 4) is 11.8 Å². The van der Waals surface area contributed by atoms with Crippen LogP contribution < -0.4 is 5.32 Å². The molecule has 0 bridgehead atoms. The predicted molar refractivity (Wildman–Crippen MR) is 63.2 cm³/mol. The lowest BCUT2D eigenvalue weighted by atomic mass is 9.84. The summed E-state index contributed by atoms with van der Waals surface area (Å²) in [4.78, 5) is 0. The second-order valence-electron chi connectivity index (χ2n) is 4.64. The van der Waals surface area contributed by atoms with Crippen molar-refractivity contribution in [1.29, 1.82) is 0 Å². The topological polar surface area (TPSA) is 30.5 Å². The van der Waals surface area contributed by atoms with Crippen molar-refractivity contribution in [2.24, 2.45) is 0 Å². The first-order valence-electron chi connectivity index (χ1n) is 6.19. The number of hydrogen-bond donors (Lipinski definition) is 1. The van der Waals surface area contributed by atoms with Gasteiger partial charge in [0.15, 0.2) is 0 Å². The lowest BCUT2D eigenvalue weighted by molar-refractivity contribution is -0.140. The molecule has 2 fully saturated rings. The zero-order valence-electron chi connectivity index (χ0n) is 10.1. The van der Waals surface area contributed by atoms with Gasteiger partial charge in [-0.25, -0.2) is 0 Å². The van der Waals surface area contributed by atoms with E-state index in [1.54, 1.807) is 0 Å². The van der Waals surface area contributed by atoms with Crippen molar-refractivity contribution in [2.45, 2.75) is 44.2 Å². The quantitative estimate of drug-likeness (QED) is 0.716. The smallest absolute Gasteiger partial charge is 0.0741 e. The van der Waals surface area contributed by atoms with Crippen LogP contribution in [0.25, 0.3) is 0 Å². The fourth-order valence-electron chi connectivity index (χ4n) is 2.58. The van der Waals surface area contributed by atoms with E-state index >= 15 is 0 Å². The molecule has 1 atom stereocenters. The highest BCUT2D eigenvalue weighted by Gasteiger charge is 2.38. The van der Waals surface area contributed by atoms with Gasteiger partial charge in [0, 0.05) is 25.9 Å². The number of nitrogens with one attached hydrogen (secondary N) is 1. The molecule has 2 aliphatic heterocycles. The van der Waals surface area contributed by atoms with E-state index < -0.39 is 0 Å². The molecule has 16 heavy (non-hydrogen) atoms. The van der Waals surface area contributed by atoms with Crippen LogP contribution in [0.1, 0.15) is 32.6 Å². The molecule has 0 saturated carbocycles. The lowest BCUT2D eigenvalue weighted by Gasteiger charge is -2.43. The van der Waals surface area contributed by atoms with Gasteiger partial charge in [-0.1, -0.05) is 5.92 Å². The van der Waals surface area contributed by atoms with E-state index in [4.69, 9.17) is 9.47 Å². The van der Waals surface area contributed by atoms with Gasteiger partial charge in [0.1, 0.15) is 0 Å². The minimum atomic E-state index is 0.0911. The monoisotopic (exact) mass is 223 g/mol. The van der Waals surface area contributed by atoms with Crippen molar-refractivity contribution in [2.75, 3.05) is 26.4 Å². The average Bonchev–Trinajstić information content (AvgIpc) is 2.31. The van der Waals surface area contributed by atoms with Crippen LogP contribution in [0.3, 0.4) is 0 Å². The van der Waals surface area contributed by atoms with Gasteiger partial charge in [-0.2, -0.15) is 0 Å². The average molecular weight is 223 g/mol. The Kier molecular flexibility index (Phi) is 4.22. The molecule has 90 valence electrons. The van der Waals surface area contributed by atoms with Gasteiger partial charge in [0.2, 0.25) is 0 Å². The molecule has 0 amide bonds. The maximum absolute atomic E-state index is 5.99. The molecular weight excluding hydrogens is 202 g/mol. The third-order valence-corrected chi connectivity index (χ3v) is 3.55. The van der Waals surface area contributed by atoms with Crippen LogP contribution in [0.4, 0.5) is 0 Å². The summed E-state index contributed by atoms with van der Waals surface area (Å²) in [7, 11) is 0. The third kappa shape index (κ3) is 2.98. The van der Waals surface area contributed by atoms with Crippen molar-refractivity contribution < 1.29 is 9.47 Å². The predicted octanol–water partition coefficient (Wildman–Crippen LogP) is 1.33. The molecule has 0 aromatic heterocycles. The Hall–Kier alpha value is -0.560. The molecule has 2 rings (SSSR count). The van der Waals surface area contributed by atoms with E-state index in [1.807, 2.05) is 6.92 Å². The van der Waals surface area contributed by atoms with Crippen LogP contribution in [-0.4, -0.2) is 38.0 Å². The molecule has 2 aliphatic rings. The maximum Gasteiger partial charge on any atom is 0.0741 e. The first kappa shape index (κ1) is 11.9. The minimum absolute atomic E-state index is 0.0911. The fraction of sp³-hybridized carbons (Fsp3) is 0.846. The summed E-state index contributed by atoms with van der Waals surface area (Å²) in [6.07, 6.45) is 4.31. The Balaban J connectivity index is 1.84. The van der Waals surface area contributed by atoms with E-state index in [0.717, 1.165) is 52.0 Å². The summed E-state index contributed by atoms with van der Waals surface area (Å²) in [6, 6.07) is 0.563. The zero-order valence-corrected chi connectivity index (χ0v) is 10.1. The third-order valence-electron chi connectivity index (χ3n) is 3.55. The summed E-state index contributed by atoms with van der Waals surface area (Å²) in [5.41, 5.74) is 0.0911. The van der Waals surface area contributed by atoms with Crippen LogP contribution in [-0.2, 0) is 9.47 Å². The van der Waals surface area contributed by atoms with Crippen LogP contribution in [0.5, 0.6) is 0 Å². The summed E-state index contributed by atoms with van der Waals surface area (Å²) in [5.74, 6) is 5.97. The van der Waals surface area contributed by atoms with Gasteiger partial charge in [-0.3, -0.25) is 0 Å². The number of ether oxygens (including phenoxy) is 2. The van der Waals surface area contributed by atoms with Gasteiger partial charge in [-0.15, -0.1) is 5.92 Å². The molecule has 1 unspecified atom stereocenters. The minimum Gasteiger partial charge on any atom is -0.381 e. The molecule has 0 radical (unpaired) electrons. The molecule has 0 aromatic rings. The Morgan fingerprint density at radius 2 is 2.12 bits per heavy atom. The van der Waals surface area contributed by atoms with Crippen LogP contribution >= 0.6 is 0 Å². The Bertz CT molecular complexity index is 268. The standard InChI is InChI=1S/C13H21NO2/c1-2-3-7-14-12-4-8-16-13(11-12)5-9-15-10-6-13/h12,14H,4-11H2,1H3. The number of hydrogen-bond acceptors (Lipinski definition) is 3. The first-order chi connectivity index (χ1) is 7.85. The summed E-state index contributed by atoms with van der Waals surface area (Å²) < 4.78 is 11.4. The molecule has 2 saturated heterocycles. The van der Waals surface area contributed by atoms with Crippen molar-refractivity contribution in [3.05, 3.63) is 0 Å². The van der Waals surface area contributed by atoms with E-state index in [0.29, 0.717) is 6.04 Å². The second-order valence-corrected chi connectivity index (χ2v) is 4.64. The highest BCUT2D eigenvalue weighted by atomic mass is 16.5. The summed E-state index contributed by atoms with van der Waals surface area (Å²) in [5, 5.41) is 3.50. The van der Waals surface area contributed by atoms with E-state index in [9.17, 15) is 0 Å². The van der Waals surface area contributed by atoms with Gasteiger partial charge in [-0.05, 0) is 32.6 Å². The lowest BCUT2D eigenvalue weighted by Crippen LogP contribution is -2.49. The molecule has 2 heterocycles. The molecular formula is C13H21NO2. The number of rotatable bonds is 2. The van der Waals surface area contributed by atoms with Gasteiger partial charge in [0.05, 0.1) is 12.1 Å². The van der Waals surface area contributed by atoms with Crippen LogP contribution in [0.2, 0.25) is 0 Å². The van der Waals surface area contributed by atoms with Crippen molar-refractivity contribution in [3.63, 3.8) is 0 Å². The van der Waals surface area contributed by atoms with Crippen molar-refractivity contribution in [1.82, 2.24) is 5.32 Å². The van der Waals surface area contributed by atoms with E-state index in [2.05, 4.69) is 17.2 Å². The molecule has 3 heteroatoms. The summed E-state index contributed by atoms with van der Waals surface area (Å²) >= 11 is 0. The zero-order chi connectivity index (χ0) is 11.3. The molecule has 0 aliphatic carbocycles. The molecule has 1 N–H and O–H groups in total. The fourth-order valence-corrected chi connectivity index (χ4v) is 2.58. The van der Waals surface area contributed by atoms with Gasteiger partial charge >= 0.3 is 0 Å².